The van der Waals surface area contributed by atoms with Gasteiger partial charge < -0.3 is 14.2 Å². The molecule has 122 valence electrons. The highest BCUT2D eigenvalue weighted by Gasteiger charge is 2.29. The zero-order valence-corrected chi connectivity index (χ0v) is 13.9. The summed E-state index contributed by atoms with van der Waals surface area (Å²) in [5, 5.41) is 8.43. The lowest BCUT2D eigenvalue weighted by Gasteiger charge is -2.33. The zero-order valence-electron chi connectivity index (χ0n) is 13.9. The highest BCUT2D eigenvalue weighted by molar-refractivity contribution is 5.73. The summed E-state index contributed by atoms with van der Waals surface area (Å²) in [5.41, 5.74) is 2.12. The molecule has 1 aliphatic heterocycles. The Kier molecular flexibility index (Phi) is 4.43. The molecule has 6 heteroatoms. The van der Waals surface area contributed by atoms with E-state index in [0.717, 1.165) is 31.7 Å². The monoisotopic (exact) mass is 315 g/mol. The molecule has 2 aromatic rings. The number of amides is 1. The van der Waals surface area contributed by atoms with Crippen LogP contribution in [0.25, 0.3) is 11.5 Å². The fraction of sp³-hybridized carbons (Fsp3) is 0.471. The van der Waals surface area contributed by atoms with Gasteiger partial charge in [0.25, 0.3) is 5.89 Å². The van der Waals surface area contributed by atoms with Crippen LogP contribution in [-0.4, -0.2) is 47.2 Å². The Balaban J connectivity index is 1.69. The Labute approximate surface area is 136 Å². The maximum absolute atomic E-state index is 11.4. The summed E-state index contributed by atoms with van der Waals surface area (Å²) >= 11 is 0. The molecule has 1 atom stereocenters. The van der Waals surface area contributed by atoms with Crippen molar-refractivity contribution in [1.29, 1.82) is 0 Å². The zero-order chi connectivity index (χ0) is 16.4. The van der Waals surface area contributed by atoms with Gasteiger partial charge in [-0.3, -0.25) is 4.79 Å². The third-order valence-corrected chi connectivity index (χ3v) is 4.54. The number of hydrogen-bond acceptors (Lipinski definition) is 4. The van der Waals surface area contributed by atoms with Crippen molar-refractivity contribution in [2.75, 3.05) is 26.2 Å². The van der Waals surface area contributed by atoms with Crippen LogP contribution in [0.2, 0.25) is 0 Å². The van der Waals surface area contributed by atoms with Gasteiger partial charge in [0.2, 0.25) is 11.8 Å². The molecule has 1 N–H and O–H groups in total. The lowest BCUT2D eigenvalue weighted by atomic mass is 10.1. The van der Waals surface area contributed by atoms with Crippen LogP contribution < -0.4 is 4.90 Å². The molecule has 1 amide bonds. The van der Waals surface area contributed by atoms with Crippen LogP contribution in [0.3, 0.4) is 0 Å². The van der Waals surface area contributed by atoms with Crippen LogP contribution in [0.1, 0.15) is 31.3 Å². The normalized spacial score (nSPS) is 17.3. The van der Waals surface area contributed by atoms with Crippen LogP contribution in [-0.2, 0) is 4.79 Å². The maximum Gasteiger partial charge on any atom is 0.274 e. The quantitative estimate of drug-likeness (QED) is 0.912. The summed E-state index contributed by atoms with van der Waals surface area (Å²) in [6.07, 6.45) is 0. The van der Waals surface area contributed by atoms with E-state index < -0.39 is 0 Å². The number of nitrogens with one attached hydrogen (secondary N) is 1. The van der Waals surface area contributed by atoms with E-state index in [0.29, 0.717) is 11.8 Å². The van der Waals surface area contributed by atoms with E-state index in [1.165, 1.54) is 10.5 Å². The SMILES string of the molecule is CC(=O)N1CC[NH+]([C@@H](C)c2nnc(-c3cccc(C)c3)o2)CC1. The van der Waals surface area contributed by atoms with E-state index in [4.69, 9.17) is 4.42 Å². The van der Waals surface area contributed by atoms with Crippen molar-refractivity contribution in [3.8, 4) is 11.5 Å². The first kappa shape index (κ1) is 15.7. The summed E-state index contributed by atoms with van der Waals surface area (Å²) in [6.45, 7) is 9.16. The maximum atomic E-state index is 11.4. The van der Waals surface area contributed by atoms with Gasteiger partial charge in [-0.2, -0.15) is 0 Å². The number of nitrogens with zero attached hydrogens (tertiary/aromatic N) is 3. The Bertz CT molecular complexity index is 689. The minimum absolute atomic E-state index is 0.134. The molecule has 1 aromatic heterocycles. The van der Waals surface area contributed by atoms with Crippen molar-refractivity contribution in [1.82, 2.24) is 15.1 Å². The van der Waals surface area contributed by atoms with Gasteiger partial charge in [0, 0.05) is 12.5 Å². The Hall–Kier alpha value is -2.21. The number of rotatable bonds is 3. The summed E-state index contributed by atoms with van der Waals surface area (Å²) in [6, 6.07) is 8.19. The van der Waals surface area contributed by atoms with Gasteiger partial charge in [-0.05, 0) is 26.0 Å². The molecule has 2 heterocycles. The largest absolute Gasteiger partial charge is 0.415 e. The average molecular weight is 315 g/mol. The van der Waals surface area contributed by atoms with Gasteiger partial charge in [0.15, 0.2) is 6.04 Å². The lowest BCUT2D eigenvalue weighted by Crippen LogP contribution is -3.14. The van der Waals surface area contributed by atoms with E-state index in [9.17, 15) is 4.79 Å². The van der Waals surface area contributed by atoms with Gasteiger partial charge >= 0.3 is 0 Å². The second kappa shape index (κ2) is 6.50. The van der Waals surface area contributed by atoms with E-state index >= 15 is 0 Å². The molecule has 6 nitrogen and oxygen atoms in total. The third kappa shape index (κ3) is 3.42. The van der Waals surface area contributed by atoms with Crippen molar-refractivity contribution in [3.05, 3.63) is 35.7 Å². The highest BCUT2D eigenvalue weighted by atomic mass is 16.4. The van der Waals surface area contributed by atoms with Crippen molar-refractivity contribution < 1.29 is 14.1 Å². The molecule has 1 saturated heterocycles. The number of aryl methyl sites for hydroxylation is 1. The topological polar surface area (TPSA) is 63.7 Å². The van der Waals surface area contributed by atoms with E-state index in [1.54, 1.807) is 6.92 Å². The molecule has 3 rings (SSSR count). The number of benzene rings is 1. The number of aromatic nitrogens is 2. The smallest absolute Gasteiger partial charge is 0.274 e. The van der Waals surface area contributed by atoms with Crippen molar-refractivity contribution in [2.45, 2.75) is 26.8 Å². The van der Waals surface area contributed by atoms with Crippen molar-refractivity contribution in [3.63, 3.8) is 0 Å². The second-order valence-electron chi connectivity index (χ2n) is 6.20. The van der Waals surface area contributed by atoms with Crippen molar-refractivity contribution >= 4 is 5.91 Å². The van der Waals surface area contributed by atoms with Crippen LogP contribution in [0.4, 0.5) is 0 Å². The number of hydrogen-bond donors (Lipinski definition) is 1. The Morgan fingerprint density at radius 1 is 1.30 bits per heavy atom. The lowest BCUT2D eigenvalue weighted by molar-refractivity contribution is -0.934. The molecule has 0 spiro atoms. The fourth-order valence-electron chi connectivity index (χ4n) is 3.02. The summed E-state index contributed by atoms with van der Waals surface area (Å²) in [4.78, 5) is 14.7. The first-order valence-electron chi connectivity index (χ1n) is 8.05. The number of carbonyl (C=O) groups is 1. The third-order valence-electron chi connectivity index (χ3n) is 4.54. The van der Waals surface area contributed by atoms with Gasteiger partial charge in [-0.15, -0.1) is 10.2 Å². The standard InChI is InChI=1S/C17H22N4O2/c1-12-5-4-6-15(11-12)17-19-18-16(23-17)13(2)20-7-9-21(10-8-20)14(3)22/h4-6,11,13H,7-10H2,1-3H3/p+1/t13-/m0/s1. The molecule has 1 aliphatic rings. The molecule has 0 saturated carbocycles. The van der Waals surface area contributed by atoms with Crippen LogP contribution in [0, 0.1) is 6.92 Å². The minimum Gasteiger partial charge on any atom is -0.415 e. The minimum atomic E-state index is 0.134. The predicted octanol–water partition coefficient (Wildman–Crippen LogP) is 0.853. The van der Waals surface area contributed by atoms with Gasteiger partial charge in [-0.25, -0.2) is 0 Å². The Morgan fingerprint density at radius 2 is 2.04 bits per heavy atom. The van der Waals surface area contributed by atoms with E-state index in [1.807, 2.05) is 36.1 Å². The molecule has 1 fully saturated rings. The van der Waals surface area contributed by atoms with Crippen LogP contribution in [0.15, 0.2) is 28.7 Å². The number of piperazine rings is 1. The first-order valence-corrected chi connectivity index (χ1v) is 8.05. The molecular formula is C17H23N4O2+. The van der Waals surface area contributed by atoms with Crippen LogP contribution in [0.5, 0.6) is 0 Å². The summed E-state index contributed by atoms with van der Waals surface area (Å²) in [5.74, 6) is 1.38. The van der Waals surface area contributed by atoms with Crippen molar-refractivity contribution in [2.24, 2.45) is 0 Å². The number of carbonyl (C=O) groups excluding carboxylic acids is 1. The summed E-state index contributed by atoms with van der Waals surface area (Å²) in [7, 11) is 0. The molecule has 23 heavy (non-hydrogen) atoms. The second-order valence-corrected chi connectivity index (χ2v) is 6.20. The van der Waals surface area contributed by atoms with E-state index in [2.05, 4.69) is 17.1 Å². The summed E-state index contributed by atoms with van der Waals surface area (Å²) < 4.78 is 5.89. The molecule has 0 bridgehead atoms. The fourth-order valence-corrected chi connectivity index (χ4v) is 3.02. The van der Waals surface area contributed by atoms with Gasteiger partial charge in [0.1, 0.15) is 0 Å². The Morgan fingerprint density at radius 3 is 2.70 bits per heavy atom. The molecule has 0 aliphatic carbocycles. The average Bonchev–Trinajstić information content (AvgIpc) is 3.04. The predicted molar refractivity (Wildman–Crippen MR) is 85.8 cm³/mol. The first-order chi connectivity index (χ1) is 11.0. The van der Waals surface area contributed by atoms with E-state index in [-0.39, 0.29) is 11.9 Å². The highest BCUT2D eigenvalue weighted by Crippen LogP contribution is 2.20. The number of quaternary nitrogens is 1. The molecule has 0 unspecified atom stereocenters. The van der Waals surface area contributed by atoms with Gasteiger partial charge in [0.05, 0.1) is 26.2 Å². The molecule has 1 aromatic carbocycles. The molecule has 0 radical (unpaired) electrons. The molecular weight excluding hydrogens is 292 g/mol. The van der Waals surface area contributed by atoms with Crippen LogP contribution >= 0.6 is 0 Å². The van der Waals surface area contributed by atoms with Gasteiger partial charge in [-0.1, -0.05) is 17.7 Å².